The minimum Gasteiger partial charge on any atom is -0.332 e. The molecule has 1 saturated heterocycles. The van der Waals surface area contributed by atoms with Crippen LogP contribution in [0.15, 0.2) is 54.7 Å². The van der Waals surface area contributed by atoms with E-state index in [0.717, 1.165) is 29.7 Å². The lowest BCUT2D eigenvalue weighted by atomic mass is 9.80. The molecular weight excluding hydrogens is 573 g/mol. The Morgan fingerprint density at radius 3 is 2.56 bits per heavy atom. The van der Waals surface area contributed by atoms with Crippen LogP contribution >= 0.6 is 0 Å². The Bertz CT molecular complexity index is 1670. The lowest BCUT2D eigenvalue weighted by Gasteiger charge is -2.37. The van der Waals surface area contributed by atoms with E-state index in [1.165, 1.54) is 21.9 Å². The van der Waals surface area contributed by atoms with Gasteiger partial charge in [-0.05, 0) is 54.0 Å². The van der Waals surface area contributed by atoms with Crippen molar-refractivity contribution < 1.29 is 18.8 Å². The number of carbonyl (C=O) groups is 3. The van der Waals surface area contributed by atoms with Crippen LogP contribution in [-0.2, 0) is 26.2 Å². The van der Waals surface area contributed by atoms with Crippen molar-refractivity contribution in [3.63, 3.8) is 0 Å². The summed E-state index contributed by atoms with van der Waals surface area (Å²) in [6, 6.07) is 13.0. The normalized spacial score (nSPS) is 22.1. The number of aromatic nitrogens is 3. The van der Waals surface area contributed by atoms with E-state index in [9.17, 15) is 24.0 Å². The summed E-state index contributed by atoms with van der Waals surface area (Å²) in [7, 11) is 1.61. The van der Waals surface area contributed by atoms with Crippen molar-refractivity contribution >= 4 is 23.4 Å². The van der Waals surface area contributed by atoms with Crippen LogP contribution in [0.3, 0.4) is 0 Å². The van der Waals surface area contributed by atoms with Gasteiger partial charge in [0.25, 0.3) is 0 Å². The fraction of sp³-hybridized carbons (Fsp3) is 0.471. The third-order valence-electron chi connectivity index (χ3n) is 9.29. The Balaban J connectivity index is 1.32. The number of hydrogen-bond acceptors (Lipinski definition) is 6. The van der Waals surface area contributed by atoms with E-state index in [1.54, 1.807) is 30.1 Å². The topological polar surface area (TPSA) is 124 Å². The summed E-state index contributed by atoms with van der Waals surface area (Å²) >= 11 is 0. The van der Waals surface area contributed by atoms with Gasteiger partial charge in [-0.2, -0.15) is 5.26 Å². The van der Waals surface area contributed by atoms with E-state index in [1.807, 2.05) is 45.0 Å². The molecule has 11 heteroatoms. The summed E-state index contributed by atoms with van der Waals surface area (Å²) < 4.78 is 15.3. The molecule has 45 heavy (non-hydrogen) atoms. The summed E-state index contributed by atoms with van der Waals surface area (Å²) in [5.41, 5.74) is 1.64. The van der Waals surface area contributed by atoms with Gasteiger partial charge in [-0.25, -0.2) is 9.07 Å². The number of nitrogens with one attached hydrogen (secondary N) is 1. The number of carbonyl (C=O) groups excluding carboxylic acids is 3. The Labute approximate surface area is 262 Å². The van der Waals surface area contributed by atoms with E-state index in [0.29, 0.717) is 18.0 Å². The summed E-state index contributed by atoms with van der Waals surface area (Å²) in [5, 5.41) is 21.8. The molecule has 3 amide bonds. The third-order valence-corrected chi connectivity index (χ3v) is 9.29. The molecule has 1 aromatic heterocycles. The number of hydrogen-bond donors (Lipinski definition) is 1. The third kappa shape index (κ3) is 5.81. The molecule has 234 valence electrons. The minimum atomic E-state index is -1.04. The molecule has 2 fully saturated rings. The van der Waals surface area contributed by atoms with Crippen LogP contribution in [0.2, 0.25) is 0 Å². The molecule has 4 atom stereocenters. The summed E-state index contributed by atoms with van der Waals surface area (Å²) in [4.78, 5) is 45.3. The monoisotopic (exact) mass is 611 g/mol. The van der Waals surface area contributed by atoms with Crippen molar-refractivity contribution in [2.75, 3.05) is 18.9 Å². The number of benzene rings is 2. The van der Waals surface area contributed by atoms with Crippen LogP contribution in [0, 0.1) is 22.6 Å². The number of nitriles is 1. The quantitative estimate of drug-likeness (QED) is 0.404. The largest absolute Gasteiger partial charge is 0.332 e. The number of amides is 3. The molecule has 1 unspecified atom stereocenters. The van der Waals surface area contributed by atoms with E-state index < -0.39 is 23.5 Å². The Hall–Kier alpha value is -4.59. The summed E-state index contributed by atoms with van der Waals surface area (Å²) in [6.45, 7) is 6.03. The van der Waals surface area contributed by atoms with Gasteiger partial charge in [0.05, 0.1) is 17.2 Å². The summed E-state index contributed by atoms with van der Waals surface area (Å²) in [5.74, 6) is -0.996. The zero-order chi connectivity index (χ0) is 32.1. The SMILES string of the molecule is CN(C(=O)C(Cc1ccc(F)cc1)n1cc(C2CC2)nn1)[C@@H](CC(C)(C)C)C(=O)N1C[C@]2(C[C@H]1C#N)C(=O)Nc1ccccc12. The predicted octanol–water partition coefficient (Wildman–Crippen LogP) is 4.36. The van der Waals surface area contributed by atoms with Gasteiger partial charge in [0.1, 0.15) is 23.9 Å². The van der Waals surface area contributed by atoms with E-state index >= 15 is 0 Å². The van der Waals surface area contributed by atoms with Gasteiger partial charge in [-0.3, -0.25) is 14.4 Å². The van der Waals surface area contributed by atoms with Crippen molar-refractivity contribution in [1.29, 1.82) is 5.26 Å². The zero-order valence-electron chi connectivity index (χ0n) is 26.0. The molecule has 1 spiro atoms. The maximum atomic E-state index is 14.5. The van der Waals surface area contributed by atoms with Gasteiger partial charge in [-0.15, -0.1) is 5.10 Å². The number of rotatable bonds is 8. The van der Waals surface area contributed by atoms with Crippen molar-refractivity contribution in [3.8, 4) is 6.07 Å². The van der Waals surface area contributed by atoms with Gasteiger partial charge >= 0.3 is 0 Å². The molecule has 3 aromatic rings. The molecule has 10 nitrogen and oxygen atoms in total. The van der Waals surface area contributed by atoms with Crippen molar-refractivity contribution in [1.82, 2.24) is 24.8 Å². The molecule has 2 aliphatic heterocycles. The molecule has 3 aliphatic rings. The molecule has 6 rings (SSSR count). The molecule has 1 N–H and O–H groups in total. The number of anilines is 1. The number of nitrogens with zero attached hydrogens (tertiary/aromatic N) is 6. The zero-order valence-corrected chi connectivity index (χ0v) is 26.0. The average Bonchev–Trinajstić information content (AvgIpc) is 3.50. The first kappa shape index (κ1) is 30.4. The minimum absolute atomic E-state index is 0.0441. The molecule has 3 heterocycles. The maximum absolute atomic E-state index is 14.5. The van der Waals surface area contributed by atoms with Crippen LogP contribution in [0.25, 0.3) is 0 Å². The molecule has 2 aromatic carbocycles. The highest BCUT2D eigenvalue weighted by molar-refractivity contribution is 6.07. The Morgan fingerprint density at radius 1 is 1.18 bits per heavy atom. The molecule has 0 bridgehead atoms. The molecule has 1 aliphatic carbocycles. The van der Waals surface area contributed by atoms with Gasteiger partial charge in [0.2, 0.25) is 17.7 Å². The first-order valence-corrected chi connectivity index (χ1v) is 15.4. The second-order valence-electron chi connectivity index (χ2n) is 13.9. The van der Waals surface area contributed by atoms with Gasteiger partial charge in [0, 0.05) is 44.2 Å². The van der Waals surface area contributed by atoms with Gasteiger partial charge in [0.15, 0.2) is 0 Å². The number of likely N-dealkylation sites (tertiary alicyclic amines) is 1. The van der Waals surface area contributed by atoms with Gasteiger partial charge < -0.3 is 15.1 Å². The fourth-order valence-corrected chi connectivity index (χ4v) is 6.68. The van der Waals surface area contributed by atoms with Crippen LogP contribution in [0.5, 0.6) is 0 Å². The van der Waals surface area contributed by atoms with E-state index in [-0.39, 0.29) is 48.3 Å². The lowest BCUT2D eigenvalue weighted by molar-refractivity contribution is -0.148. The first-order chi connectivity index (χ1) is 21.4. The number of fused-ring (bicyclic) bond motifs is 2. The Morgan fingerprint density at radius 2 is 1.89 bits per heavy atom. The van der Waals surface area contributed by atoms with Crippen molar-refractivity contribution in [2.45, 2.75) is 82.3 Å². The summed E-state index contributed by atoms with van der Waals surface area (Å²) in [6.07, 6.45) is 4.57. The predicted molar refractivity (Wildman–Crippen MR) is 164 cm³/mol. The second-order valence-corrected chi connectivity index (χ2v) is 13.9. The van der Waals surface area contributed by atoms with Gasteiger partial charge in [-0.1, -0.05) is 56.3 Å². The van der Waals surface area contributed by atoms with E-state index in [4.69, 9.17) is 0 Å². The Kier molecular flexibility index (Phi) is 7.71. The standard InChI is InChI=1S/C34H38FN7O3/c1-33(2,3)17-29(31(44)41-20-34(16-24(41)18-36)25-7-5-6-8-26(25)37-32(34)45)40(4)30(43)28(15-21-9-13-23(35)14-10-21)42-19-27(38-39-42)22-11-12-22/h5-10,13-14,19,22,24,28-29H,11-12,15-17,20H2,1-4H3,(H,37,45)/t24-,28?,29-,34-/m0/s1. The molecular formula is C34H38FN7O3. The highest BCUT2D eigenvalue weighted by Crippen LogP contribution is 2.47. The number of halogens is 1. The second kappa shape index (κ2) is 11.4. The van der Waals surface area contributed by atoms with Crippen molar-refractivity contribution in [2.24, 2.45) is 5.41 Å². The smallest absolute Gasteiger partial charge is 0.248 e. The first-order valence-electron chi connectivity index (χ1n) is 15.4. The maximum Gasteiger partial charge on any atom is 0.248 e. The van der Waals surface area contributed by atoms with Crippen LogP contribution < -0.4 is 5.32 Å². The number of para-hydroxylation sites is 1. The highest BCUT2D eigenvalue weighted by atomic mass is 19.1. The molecule has 1 saturated carbocycles. The average molecular weight is 612 g/mol. The van der Waals surface area contributed by atoms with Crippen LogP contribution in [-0.4, -0.2) is 68.2 Å². The number of likely N-dealkylation sites (N-methyl/N-ethyl adjacent to an activating group) is 1. The van der Waals surface area contributed by atoms with E-state index in [2.05, 4.69) is 21.7 Å². The van der Waals surface area contributed by atoms with Crippen LogP contribution in [0.4, 0.5) is 10.1 Å². The van der Waals surface area contributed by atoms with Crippen molar-refractivity contribution in [3.05, 3.63) is 77.4 Å². The van der Waals surface area contributed by atoms with Crippen LogP contribution in [0.1, 0.15) is 75.2 Å². The fourth-order valence-electron chi connectivity index (χ4n) is 6.68. The lowest BCUT2D eigenvalue weighted by Crippen LogP contribution is -2.54. The molecule has 0 radical (unpaired) electrons. The highest BCUT2D eigenvalue weighted by Gasteiger charge is 2.57.